The smallest absolute Gasteiger partial charge is 0.159 e. The van der Waals surface area contributed by atoms with Crippen LogP contribution in [-0.4, -0.2) is 0 Å². The summed E-state index contributed by atoms with van der Waals surface area (Å²) in [5.74, 6) is 0. The van der Waals surface area contributed by atoms with Crippen LogP contribution in [0.25, 0.3) is 77.3 Å². The maximum absolute atomic E-state index is 7.39. The Bertz CT molecular complexity index is 4270. The van der Waals surface area contributed by atoms with E-state index >= 15 is 0 Å². The summed E-state index contributed by atoms with van der Waals surface area (Å²) in [5.41, 5.74) is 22.3. The van der Waals surface area contributed by atoms with Gasteiger partial charge in [0.15, 0.2) is 5.58 Å². The predicted molar refractivity (Wildman–Crippen MR) is 289 cm³/mol. The van der Waals surface area contributed by atoms with Gasteiger partial charge in [0.1, 0.15) is 16.7 Å². The van der Waals surface area contributed by atoms with Gasteiger partial charge in [0.25, 0.3) is 0 Å². The van der Waals surface area contributed by atoms with Crippen LogP contribution in [0.1, 0.15) is 44.5 Å². The average molecular weight is 904 g/mol. The first-order valence-corrected chi connectivity index (χ1v) is 24.6. The van der Waals surface area contributed by atoms with Crippen molar-refractivity contribution in [3.63, 3.8) is 0 Å². The maximum Gasteiger partial charge on any atom is 0.159 e. The lowest BCUT2D eigenvalue weighted by Gasteiger charge is -2.38. The molecule has 3 nitrogen and oxygen atoms in total. The lowest BCUT2D eigenvalue weighted by Crippen LogP contribution is -2.31. The van der Waals surface area contributed by atoms with Crippen LogP contribution >= 0.6 is 0 Å². The van der Waals surface area contributed by atoms with Crippen molar-refractivity contribution in [2.75, 3.05) is 4.90 Å². The van der Waals surface area contributed by atoms with Gasteiger partial charge in [0.05, 0.1) is 22.2 Å². The summed E-state index contributed by atoms with van der Waals surface area (Å²) in [5, 5.41) is 4.30. The molecule has 11 aromatic carbocycles. The van der Waals surface area contributed by atoms with Gasteiger partial charge in [-0.3, -0.25) is 0 Å². The van der Waals surface area contributed by atoms with Crippen molar-refractivity contribution < 1.29 is 8.83 Å². The molecule has 0 saturated heterocycles. The molecule has 13 aromatic rings. The van der Waals surface area contributed by atoms with Crippen molar-refractivity contribution in [3.05, 3.63) is 293 Å². The second-order valence-electron chi connectivity index (χ2n) is 19.3. The van der Waals surface area contributed by atoms with Crippen LogP contribution in [0.3, 0.4) is 0 Å². The van der Waals surface area contributed by atoms with Crippen molar-refractivity contribution >= 4 is 60.9 Å². The SMILES string of the molecule is c1ccc(C2(c3c(N(c4ccc5c(c4)C4(c6ccccc6-c6ccccc64)c4ccccc4-5)c4cccc5c4oc4ccccc45)ccc4c3oc3ccccc34)c3ccccc3-c3ccccc32)cc1. The molecule has 330 valence electrons. The van der Waals surface area contributed by atoms with Crippen LogP contribution in [0.5, 0.6) is 0 Å². The predicted octanol–water partition coefficient (Wildman–Crippen LogP) is 17.7. The van der Waals surface area contributed by atoms with Gasteiger partial charge in [-0.1, -0.05) is 206 Å². The Morgan fingerprint density at radius 1 is 0.282 bits per heavy atom. The molecule has 3 heteroatoms. The Hall–Kier alpha value is -9.18. The first kappa shape index (κ1) is 38.8. The molecular formula is C68H41NO2. The van der Waals surface area contributed by atoms with Crippen LogP contribution in [0, 0.1) is 0 Å². The van der Waals surface area contributed by atoms with Gasteiger partial charge in [-0.05, 0) is 115 Å². The highest BCUT2D eigenvalue weighted by Crippen LogP contribution is 2.65. The molecule has 0 N–H and O–H groups in total. The summed E-state index contributed by atoms with van der Waals surface area (Å²) in [7, 11) is 0. The monoisotopic (exact) mass is 903 g/mol. The third kappa shape index (κ3) is 4.87. The van der Waals surface area contributed by atoms with E-state index < -0.39 is 10.8 Å². The van der Waals surface area contributed by atoms with E-state index in [4.69, 9.17) is 8.83 Å². The highest BCUT2D eigenvalue weighted by molar-refractivity contribution is 6.13. The van der Waals surface area contributed by atoms with E-state index in [2.05, 4.69) is 254 Å². The van der Waals surface area contributed by atoms with Gasteiger partial charge >= 0.3 is 0 Å². The van der Waals surface area contributed by atoms with Crippen LogP contribution in [0.4, 0.5) is 17.1 Å². The number of furan rings is 2. The maximum atomic E-state index is 7.39. The van der Waals surface area contributed by atoms with Gasteiger partial charge in [-0.15, -0.1) is 0 Å². The van der Waals surface area contributed by atoms with Crippen molar-refractivity contribution in [2.45, 2.75) is 10.8 Å². The first-order valence-electron chi connectivity index (χ1n) is 24.6. The van der Waals surface area contributed by atoms with Crippen molar-refractivity contribution in [3.8, 4) is 33.4 Å². The number of nitrogens with zero attached hydrogens (tertiary/aromatic N) is 1. The standard InChI is InChI=1S/C68H41NO2/c1-2-19-42(20-3-1)67(54-29-11-4-21-44(54)45-22-5-12-30-55(45)67)64-60(40-39-53-51-27-10-17-36-63(51)71-66(53)64)69(61-34-18-28-52-50-26-9-16-35-62(50)70-65(52)61)43-37-38-49-48-25-8-15-33-58(48)68(59(49)41-43)56-31-13-6-23-46(56)47-24-7-14-32-57(47)68/h1-41H. The largest absolute Gasteiger partial charge is 0.456 e. The molecule has 0 unspecified atom stereocenters. The summed E-state index contributed by atoms with van der Waals surface area (Å²) < 4.78 is 14.5. The summed E-state index contributed by atoms with van der Waals surface area (Å²) in [6.45, 7) is 0. The van der Waals surface area contributed by atoms with E-state index in [1.807, 2.05) is 0 Å². The fourth-order valence-corrected chi connectivity index (χ4v) is 13.5. The van der Waals surface area contributed by atoms with Crippen LogP contribution in [0.2, 0.25) is 0 Å². The Balaban J connectivity index is 1.09. The fourth-order valence-electron chi connectivity index (χ4n) is 13.5. The van der Waals surface area contributed by atoms with E-state index in [9.17, 15) is 0 Å². The highest BCUT2D eigenvalue weighted by Gasteiger charge is 2.53. The molecule has 0 bridgehead atoms. The molecule has 3 aliphatic rings. The zero-order chi connectivity index (χ0) is 46.4. The number of rotatable bonds is 5. The van der Waals surface area contributed by atoms with Crippen molar-refractivity contribution in [1.29, 1.82) is 0 Å². The normalized spacial score (nSPS) is 14.1. The van der Waals surface area contributed by atoms with Crippen LogP contribution < -0.4 is 4.90 Å². The van der Waals surface area contributed by atoms with Gasteiger partial charge in [-0.25, -0.2) is 0 Å². The number of hydrogen-bond acceptors (Lipinski definition) is 3. The second kappa shape index (κ2) is 14.2. The minimum absolute atomic E-state index is 0.549. The third-order valence-electron chi connectivity index (χ3n) is 16.2. The van der Waals surface area contributed by atoms with E-state index in [1.54, 1.807) is 0 Å². The van der Waals surface area contributed by atoms with Gasteiger partial charge in [-0.2, -0.15) is 0 Å². The Morgan fingerprint density at radius 2 is 0.718 bits per heavy atom. The van der Waals surface area contributed by atoms with Crippen molar-refractivity contribution in [2.24, 2.45) is 0 Å². The van der Waals surface area contributed by atoms with Crippen LogP contribution in [-0.2, 0) is 10.8 Å². The molecule has 0 aliphatic heterocycles. The van der Waals surface area contributed by atoms with Crippen molar-refractivity contribution in [1.82, 2.24) is 0 Å². The minimum Gasteiger partial charge on any atom is -0.456 e. The summed E-state index contributed by atoms with van der Waals surface area (Å²) >= 11 is 0. The Labute approximate surface area is 410 Å². The van der Waals surface area contributed by atoms with E-state index in [0.29, 0.717) is 0 Å². The lowest BCUT2D eigenvalue weighted by molar-refractivity contribution is 0.648. The van der Waals surface area contributed by atoms with Crippen LogP contribution in [0.15, 0.2) is 258 Å². The van der Waals surface area contributed by atoms with Gasteiger partial charge in [0, 0.05) is 32.8 Å². The Morgan fingerprint density at radius 3 is 1.28 bits per heavy atom. The topological polar surface area (TPSA) is 29.5 Å². The molecule has 71 heavy (non-hydrogen) atoms. The summed E-state index contributed by atoms with van der Waals surface area (Å²) in [6, 6.07) is 91.6. The van der Waals surface area contributed by atoms with Gasteiger partial charge < -0.3 is 13.7 Å². The number of fused-ring (bicyclic) bond motifs is 19. The fraction of sp³-hybridized carbons (Fsp3) is 0.0294. The lowest BCUT2D eigenvalue weighted by atomic mass is 9.66. The molecule has 2 heterocycles. The third-order valence-corrected chi connectivity index (χ3v) is 16.2. The number of benzene rings is 11. The zero-order valence-corrected chi connectivity index (χ0v) is 38.4. The molecule has 16 rings (SSSR count). The molecule has 0 atom stereocenters. The molecular weight excluding hydrogens is 863 g/mol. The molecule has 0 radical (unpaired) electrons. The van der Waals surface area contributed by atoms with E-state index in [0.717, 1.165) is 72.1 Å². The number of anilines is 3. The first-order chi connectivity index (χ1) is 35.2. The Kier molecular flexibility index (Phi) is 7.75. The highest BCUT2D eigenvalue weighted by atomic mass is 16.3. The minimum atomic E-state index is -0.825. The molecule has 3 aliphatic carbocycles. The molecule has 0 amide bonds. The number of para-hydroxylation sites is 3. The quantitative estimate of drug-likeness (QED) is 0.172. The molecule has 0 fully saturated rings. The number of hydrogen-bond donors (Lipinski definition) is 0. The van der Waals surface area contributed by atoms with E-state index in [-0.39, 0.29) is 0 Å². The van der Waals surface area contributed by atoms with Gasteiger partial charge in [0.2, 0.25) is 0 Å². The van der Waals surface area contributed by atoms with E-state index in [1.165, 1.54) is 66.8 Å². The molecule has 2 aromatic heterocycles. The molecule has 1 spiro atoms. The average Bonchev–Trinajstić information content (AvgIpc) is 4.23. The second-order valence-corrected chi connectivity index (χ2v) is 19.3. The zero-order valence-electron chi connectivity index (χ0n) is 38.4. The summed E-state index contributed by atoms with van der Waals surface area (Å²) in [6.07, 6.45) is 0. The summed E-state index contributed by atoms with van der Waals surface area (Å²) in [4.78, 5) is 2.49. The molecule has 0 saturated carbocycles.